The van der Waals surface area contributed by atoms with Crippen LogP contribution in [0.4, 0.5) is 0 Å². The molecule has 0 saturated carbocycles. The monoisotopic (exact) mass is 264 g/mol. The Morgan fingerprint density at radius 1 is 1.40 bits per heavy atom. The molecule has 78 valence electrons. The molecule has 2 aromatic rings. The van der Waals surface area contributed by atoms with E-state index in [-0.39, 0.29) is 6.04 Å². The van der Waals surface area contributed by atoms with Crippen molar-refractivity contribution in [3.8, 4) is 0 Å². The van der Waals surface area contributed by atoms with Gasteiger partial charge in [0.05, 0.1) is 5.52 Å². The molecule has 1 atom stereocenters. The highest BCUT2D eigenvalue weighted by molar-refractivity contribution is 9.10. The third-order valence-electron chi connectivity index (χ3n) is 2.29. The summed E-state index contributed by atoms with van der Waals surface area (Å²) in [5.74, 6) is 0. The van der Waals surface area contributed by atoms with Crippen molar-refractivity contribution in [1.82, 2.24) is 4.98 Å². The highest BCUT2D eigenvalue weighted by Gasteiger charge is 2.06. The second-order valence-electron chi connectivity index (χ2n) is 3.81. The molecule has 3 heteroatoms. The maximum Gasteiger partial charge on any atom is 0.110 e. The molecule has 1 heterocycles. The maximum atomic E-state index is 5.79. The first-order valence-electron chi connectivity index (χ1n) is 4.96. The maximum absolute atomic E-state index is 5.79. The molecule has 1 unspecified atom stereocenters. The number of para-hydroxylation sites is 1. The van der Waals surface area contributed by atoms with E-state index in [0.717, 1.165) is 21.9 Å². The first-order valence-corrected chi connectivity index (χ1v) is 5.76. The summed E-state index contributed by atoms with van der Waals surface area (Å²) in [5, 5.41) is 1.16. The zero-order chi connectivity index (χ0) is 10.8. The molecule has 2 nitrogen and oxygen atoms in total. The van der Waals surface area contributed by atoms with Crippen LogP contribution < -0.4 is 5.73 Å². The predicted molar refractivity (Wildman–Crippen MR) is 66.8 cm³/mol. The van der Waals surface area contributed by atoms with Gasteiger partial charge in [0.15, 0.2) is 0 Å². The minimum atomic E-state index is 0.157. The molecular formula is C12H13BrN2. The number of nitrogens with zero attached hydrogens (tertiary/aromatic N) is 1. The number of fused-ring (bicyclic) bond motifs is 1. The average Bonchev–Trinajstić information content (AvgIpc) is 2.18. The standard InChI is InChI=1S/C12H13BrN2/c1-8(14)6-10-7-9-4-2-3-5-11(9)15-12(10)13/h2-5,7-8H,6,14H2,1H3. The lowest BCUT2D eigenvalue weighted by Crippen LogP contribution is -2.18. The molecule has 0 amide bonds. The zero-order valence-corrected chi connectivity index (χ0v) is 10.2. The van der Waals surface area contributed by atoms with Gasteiger partial charge in [-0.25, -0.2) is 4.98 Å². The van der Waals surface area contributed by atoms with Crippen LogP contribution in [0.1, 0.15) is 12.5 Å². The van der Waals surface area contributed by atoms with E-state index in [9.17, 15) is 0 Å². The number of hydrogen-bond acceptors (Lipinski definition) is 2. The van der Waals surface area contributed by atoms with E-state index < -0.39 is 0 Å². The van der Waals surface area contributed by atoms with Crippen LogP contribution in [0.2, 0.25) is 0 Å². The van der Waals surface area contributed by atoms with Crippen molar-refractivity contribution < 1.29 is 0 Å². The van der Waals surface area contributed by atoms with Crippen molar-refractivity contribution in [3.05, 3.63) is 40.5 Å². The predicted octanol–water partition coefficient (Wildman–Crippen LogP) is 2.89. The summed E-state index contributed by atoms with van der Waals surface area (Å²) >= 11 is 3.48. The molecule has 2 N–H and O–H groups in total. The van der Waals surface area contributed by atoms with Gasteiger partial charge in [-0.15, -0.1) is 0 Å². The Hall–Kier alpha value is -0.930. The van der Waals surface area contributed by atoms with Gasteiger partial charge in [0, 0.05) is 11.4 Å². The Morgan fingerprint density at radius 2 is 2.13 bits per heavy atom. The summed E-state index contributed by atoms with van der Waals surface area (Å²) < 4.78 is 0.901. The fraction of sp³-hybridized carbons (Fsp3) is 0.250. The molecule has 0 aliphatic heterocycles. The zero-order valence-electron chi connectivity index (χ0n) is 8.57. The molecule has 0 radical (unpaired) electrons. The Labute approximate surface area is 97.6 Å². The normalized spacial score (nSPS) is 13.0. The van der Waals surface area contributed by atoms with E-state index in [0.29, 0.717) is 0 Å². The quantitative estimate of drug-likeness (QED) is 0.848. The van der Waals surface area contributed by atoms with Gasteiger partial charge in [-0.3, -0.25) is 0 Å². The summed E-state index contributed by atoms with van der Waals surface area (Å²) in [4.78, 5) is 4.49. The lowest BCUT2D eigenvalue weighted by Gasteiger charge is -2.08. The Balaban J connectivity index is 2.52. The van der Waals surface area contributed by atoms with Gasteiger partial charge in [0.1, 0.15) is 4.60 Å². The highest BCUT2D eigenvalue weighted by Crippen LogP contribution is 2.21. The van der Waals surface area contributed by atoms with Crippen LogP contribution in [0, 0.1) is 0 Å². The van der Waals surface area contributed by atoms with Crippen LogP contribution in [-0.4, -0.2) is 11.0 Å². The number of nitrogens with two attached hydrogens (primary N) is 1. The molecule has 0 bridgehead atoms. The molecule has 0 aliphatic rings. The van der Waals surface area contributed by atoms with Gasteiger partial charge in [-0.05, 0) is 47.0 Å². The minimum Gasteiger partial charge on any atom is -0.328 e. The topological polar surface area (TPSA) is 38.9 Å². The van der Waals surface area contributed by atoms with Crippen molar-refractivity contribution in [3.63, 3.8) is 0 Å². The SMILES string of the molecule is CC(N)Cc1cc2ccccc2nc1Br. The third kappa shape index (κ3) is 2.36. The van der Waals surface area contributed by atoms with Crippen molar-refractivity contribution in [2.45, 2.75) is 19.4 Å². The lowest BCUT2D eigenvalue weighted by molar-refractivity contribution is 0.734. The van der Waals surface area contributed by atoms with E-state index in [1.165, 1.54) is 5.56 Å². The van der Waals surface area contributed by atoms with E-state index in [4.69, 9.17) is 5.73 Å². The number of aromatic nitrogens is 1. The Bertz CT molecular complexity index is 480. The van der Waals surface area contributed by atoms with Crippen molar-refractivity contribution in [1.29, 1.82) is 0 Å². The van der Waals surface area contributed by atoms with E-state index in [1.54, 1.807) is 0 Å². The van der Waals surface area contributed by atoms with E-state index in [1.807, 2.05) is 25.1 Å². The average molecular weight is 265 g/mol. The van der Waals surface area contributed by atoms with Crippen LogP contribution in [0.25, 0.3) is 10.9 Å². The highest BCUT2D eigenvalue weighted by atomic mass is 79.9. The smallest absolute Gasteiger partial charge is 0.110 e. The van der Waals surface area contributed by atoms with Crippen molar-refractivity contribution >= 4 is 26.8 Å². The second kappa shape index (κ2) is 4.29. The molecule has 1 aromatic carbocycles. The summed E-state index contributed by atoms with van der Waals surface area (Å²) in [6.07, 6.45) is 0.846. The molecule has 0 spiro atoms. The number of hydrogen-bond donors (Lipinski definition) is 1. The summed E-state index contributed by atoms with van der Waals surface area (Å²) in [7, 11) is 0. The minimum absolute atomic E-state index is 0.157. The van der Waals surface area contributed by atoms with Crippen LogP contribution in [0.5, 0.6) is 0 Å². The van der Waals surface area contributed by atoms with Crippen LogP contribution >= 0.6 is 15.9 Å². The third-order valence-corrected chi connectivity index (χ3v) is 2.98. The van der Waals surface area contributed by atoms with Gasteiger partial charge in [-0.2, -0.15) is 0 Å². The number of halogens is 1. The van der Waals surface area contributed by atoms with Crippen LogP contribution in [0.15, 0.2) is 34.9 Å². The Kier molecular flexibility index (Phi) is 3.03. The molecule has 0 saturated heterocycles. The van der Waals surface area contributed by atoms with Gasteiger partial charge in [-0.1, -0.05) is 18.2 Å². The van der Waals surface area contributed by atoms with Crippen LogP contribution in [-0.2, 0) is 6.42 Å². The molecule has 2 rings (SSSR count). The first kappa shape index (κ1) is 10.6. The fourth-order valence-electron chi connectivity index (χ4n) is 1.63. The largest absolute Gasteiger partial charge is 0.328 e. The van der Waals surface area contributed by atoms with Gasteiger partial charge in [0.25, 0.3) is 0 Å². The number of rotatable bonds is 2. The van der Waals surface area contributed by atoms with Crippen molar-refractivity contribution in [2.75, 3.05) is 0 Å². The second-order valence-corrected chi connectivity index (χ2v) is 4.56. The van der Waals surface area contributed by atoms with Crippen molar-refractivity contribution in [2.24, 2.45) is 5.73 Å². The van der Waals surface area contributed by atoms with Crippen LogP contribution in [0.3, 0.4) is 0 Å². The first-order chi connectivity index (χ1) is 7.16. The molecule has 1 aromatic heterocycles. The molecule has 15 heavy (non-hydrogen) atoms. The molecule has 0 aliphatic carbocycles. The van der Waals surface area contributed by atoms with E-state index >= 15 is 0 Å². The van der Waals surface area contributed by atoms with Gasteiger partial charge < -0.3 is 5.73 Å². The van der Waals surface area contributed by atoms with Gasteiger partial charge in [0.2, 0.25) is 0 Å². The van der Waals surface area contributed by atoms with E-state index in [2.05, 4.69) is 33.0 Å². The molecular weight excluding hydrogens is 252 g/mol. The molecule has 0 fully saturated rings. The number of pyridine rings is 1. The number of benzene rings is 1. The summed E-state index contributed by atoms with van der Waals surface area (Å²) in [6, 6.07) is 10.4. The lowest BCUT2D eigenvalue weighted by atomic mass is 10.1. The summed E-state index contributed by atoms with van der Waals surface area (Å²) in [6.45, 7) is 2.00. The Morgan fingerprint density at radius 3 is 2.87 bits per heavy atom. The van der Waals surface area contributed by atoms with Gasteiger partial charge >= 0.3 is 0 Å². The fourth-order valence-corrected chi connectivity index (χ4v) is 2.09. The summed E-state index contributed by atoms with van der Waals surface area (Å²) in [5.41, 5.74) is 7.97.